The maximum atomic E-state index is 12.1. The summed E-state index contributed by atoms with van der Waals surface area (Å²) in [4.78, 5) is 26.7. The molecule has 1 rings (SSSR count). The van der Waals surface area contributed by atoms with Gasteiger partial charge in [0.05, 0.1) is 10.9 Å². The molecule has 1 aromatic heterocycles. The maximum absolute atomic E-state index is 12.1. The normalized spacial score (nSPS) is 10.3. The Balaban J connectivity index is 2.64. The number of carbonyl (C=O) groups is 2. The fraction of sp³-hybridized carbons (Fsp3) is 0.500. The van der Waals surface area contributed by atoms with Crippen molar-refractivity contribution in [3.8, 4) is 0 Å². The van der Waals surface area contributed by atoms with E-state index in [9.17, 15) is 9.59 Å². The first-order valence-electron chi connectivity index (χ1n) is 5.90. The lowest BCUT2D eigenvalue weighted by atomic mass is 10.4. The molecule has 0 radical (unpaired) electrons. The van der Waals surface area contributed by atoms with Crippen LogP contribution in [0.2, 0.25) is 4.34 Å². The van der Waals surface area contributed by atoms with Gasteiger partial charge in [0.2, 0.25) is 0 Å². The largest absolute Gasteiger partial charge is 0.480 e. The van der Waals surface area contributed by atoms with E-state index in [0.29, 0.717) is 17.4 Å². The Morgan fingerprint density at radius 3 is 2.58 bits per heavy atom. The molecule has 0 unspecified atom stereocenters. The van der Waals surface area contributed by atoms with Crippen LogP contribution in [0.1, 0.15) is 18.2 Å². The number of hydrogen-bond donors (Lipinski definition) is 1. The summed E-state index contributed by atoms with van der Waals surface area (Å²) in [7, 11) is 1.65. The zero-order valence-corrected chi connectivity index (χ0v) is 12.5. The van der Waals surface area contributed by atoms with Crippen molar-refractivity contribution < 1.29 is 14.7 Å². The summed E-state index contributed by atoms with van der Waals surface area (Å²) < 4.78 is 0.673. The Labute approximate surface area is 121 Å². The highest BCUT2D eigenvalue weighted by Crippen LogP contribution is 2.22. The van der Waals surface area contributed by atoms with Gasteiger partial charge in [0.25, 0.3) is 0 Å². The van der Waals surface area contributed by atoms with Crippen molar-refractivity contribution >= 4 is 34.9 Å². The predicted molar refractivity (Wildman–Crippen MR) is 75.7 cm³/mol. The number of carboxylic acids is 1. The molecule has 1 heterocycles. The van der Waals surface area contributed by atoms with E-state index < -0.39 is 5.97 Å². The topological polar surface area (TPSA) is 60.9 Å². The second kappa shape index (κ2) is 7.35. The number of carboxylic acid groups (broad SMARTS) is 1. The van der Waals surface area contributed by atoms with Gasteiger partial charge in [-0.1, -0.05) is 18.5 Å². The van der Waals surface area contributed by atoms with E-state index in [1.54, 1.807) is 13.1 Å². The van der Waals surface area contributed by atoms with Crippen LogP contribution in [0.25, 0.3) is 0 Å². The Kier molecular flexibility index (Phi) is 6.11. The second-order valence-corrected chi connectivity index (χ2v) is 5.96. The molecule has 5 nitrogen and oxygen atoms in total. The molecule has 0 aliphatic rings. The number of hydrogen-bond acceptors (Lipinski definition) is 3. The van der Waals surface area contributed by atoms with Gasteiger partial charge in [0.15, 0.2) is 0 Å². The van der Waals surface area contributed by atoms with E-state index in [1.165, 1.54) is 21.1 Å². The van der Waals surface area contributed by atoms with Gasteiger partial charge in [-0.3, -0.25) is 4.79 Å². The van der Waals surface area contributed by atoms with Crippen LogP contribution >= 0.6 is 22.9 Å². The molecule has 0 fully saturated rings. The molecule has 2 amide bonds. The summed E-state index contributed by atoms with van der Waals surface area (Å²) in [5.74, 6) is -1.01. The summed E-state index contributed by atoms with van der Waals surface area (Å²) in [6.07, 6.45) is 0.720. The van der Waals surface area contributed by atoms with Crippen molar-refractivity contribution in [2.45, 2.75) is 19.9 Å². The SMILES string of the molecule is CCCN(CC(=O)O)C(=O)N(C)Cc1ccc(Cl)s1. The molecule has 0 saturated carbocycles. The minimum atomic E-state index is -1.01. The zero-order valence-electron chi connectivity index (χ0n) is 10.9. The standard InChI is InChI=1S/C12H17ClN2O3S/c1-3-6-15(8-11(16)17)12(18)14(2)7-9-4-5-10(13)19-9/h4-5H,3,6-8H2,1-2H3,(H,16,17). The van der Waals surface area contributed by atoms with Gasteiger partial charge in [-0.25, -0.2) is 4.79 Å². The minimum Gasteiger partial charge on any atom is -0.480 e. The first-order chi connectivity index (χ1) is 8.93. The molecular formula is C12H17ClN2O3S. The molecule has 0 aliphatic carbocycles. The number of amides is 2. The molecule has 1 N–H and O–H groups in total. The van der Waals surface area contributed by atoms with Gasteiger partial charge in [0.1, 0.15) is 6.54 Å². The van der Waals surface area contributed by atoms with Gasteiger partial charge in [-0.2, -0.15) is 0 Å². The molecule has 0 saturated heterocycles. The van der Waals surface area contributed by atoms with Crippen molar-refractivity contribution in [3.05, 3.63) is 21.3 Å². The average molecular weight is 305 g/mol. The Morgan fingerprint density at radius 2 is 2.11 bits per heavy atom. The summed E-state index contributed by atoms with van der Waals surface area (Å²) in [6.45, 7) is 2.49. The molecule has 19 heavy (non-hydrogen) atoms. The van der Waals surface area contributed by atoms with Crippen LogP contribution in [0.5, 0.6) is 0 Å². The van der Waals surface area contributed by atoms with E-state index in [-0.39, 0.29) is 12.6 Å². The van der Waals surface area contributed by atoms with E-state index in [1.807, 2.05) is 13.0 Å². The van der Waals surface area contributed by atoms with Crippen LogP contribution in [0.3, 0.4) is 0 Å². The highest BCUT2D eigenvalue weighted by atomic mass is 35.5. The lowest BCUT2D eigenvalue weighted by Gasteiger charge is -2.26. The fourth-order valence-electron chi connectivity index (χ4n) is 1.66. The van der Waals surface area contributed by atoms with Gasteiger partial charge < -0.3 is 14.9 Å². The van der Waals surface area contributed by atoms with Crippen LogP contribution in [0, 0.1) is 0 Å². The monoisotopic (exact) mass is 304 g/mol. The molecule has 0 aromatic carbocycles. The lowest BCUT2D eigenvalue weighted by Crippen LogP contribution is -2.43. The smallest absolute Gasteiger partial charge is 0.323 e. The summed E-state index contributed by atoms with van der Waals surface area (Å²) >= 11 is 7.24. The molecule has 0 atom stereocenters. The van der Waals surface area contributed by atoms with Crippen LogP contribution in [-0.2, 0) is 11.3 Å². The Bertz CT molecular complexity index is 450. The Hall–Kier alpha value is -1.27. The number of nitrogens with zero attached hydrogens (tertiary/aromatic N) is 2. The van der Waals surface area contributed by atoms with Gasteiger partial charge in [-0.05, 0) is 18.6 Å². The van der Waals surface area contributed by atoms with Gasteiger partial charge in [0, 0.05) is 18.5 Å². The third-order valence-electron chi connectivity index (χ3n) is 2.44. The average Bonchev–Trinajstić information content (AvgIpc) is 2.72. The molecule has 1 aromatic rings. The van der Waals surface area contributed by atoms with Crippen molar-refractivity contribution in [1.29, 1.82) is 0 Å². The van der Waals surface area contributed by atoms with Crippen molar-refractivity contribution in [2.24, 2.45) is 0 Å². The van der Waals surface area contributed by atoms with Crippen molar-refractivity contribution in [2.75, 3.05) is 20.1 Å². The third kappa shape index (κ3) is 5.08. The summed E-state index contributed by atoms with van der Waals surface area (Å²) in [5.41, 5.74) is 0. The van der Waals surface area contributed by atoms with E-state index in [0.717, 1.165) is 11.3 Å². The van der Waals surface area contributed by atoms with Crippen molar-refractivity contribution in [3.63, 3.8) is 0 Å². The fourth-order valence-corrected chi connectivity index (χ4v) is 2.80. The number of rotatable bonds is 6. The van der Waals surface area contributed by atoms with Gasteiger partial charge >= 0.3 is 12.0 Å². The van der Waals surface area contributed by atoms with Crippen LogP contribution < -0.4 is 0 Å². The second-order valence-electron chi connectivity index (χ2n) is 4.16. The highest BCUT2D eigenvalue weighted by molar-refractivity contribution is 7.16. The molecular weight excluding hydrogens is 288 g/mol. The van der Waals surface area contributed by atoms with Crippen LogP contribution in [-0.4, -0.2) is 47.0 Å². The van der Waals surface area contributed by atoms with E-state index in [2.05, 4.69) is 0 Å². The molecule has 7 heteroatoms. The lowest BCUT2D eigenvalue weighted by molar-refractivity contribution is -0.137. The number of thiophene rings is 1. The molecule has 106 valence electrons. The number of aliphatic carboxylic acids is 1. The minimum absolute atomic E-state index is 0.276. The first-order valence-corrected chi connectivity index (χ1v) is 7.09. The quantitative estimate of drug-likeness (QED) is 0.879. The number of halogens is 1. The van der Waals surface area contributed by atoms with Crippen LogP contribution in [0.15, 0.2) is 12.1 Å². The van der Waals surface area contributed by atoms with Gasteiger partial charge in [-0.15, -0.1) is 11.3 Å². The first kappa shape index (κ1) is 15.8. The highest BCUT2D eigenvalue weighted by Gasteiger charge is 2.20. The maximum Gasteiger partial charge on any atom is 0.323 e. The zero-order chi connectivity index (χ0) is 14.4. The molecule has 0 spiro atoms. The van der Waals surface area contributed by atoms with E-state index >= 15 is 0 Å². The predicted octanol–water partition coefficient (Wildman–Crippen LogP) is 2.75. The summed E-state index contributed by atoms with van der Waals surface area (Å²) in [5, 5.41) is 8.81. The number of urea groups is 1. The van der Waals surface area contributed by atoms with E-state index in [4.69, 9.17) is 16.7 Å². The third-order valence-corrected chi connectivity index (χ3v) is 3.65. The summed E-state index contributed by atoms with van der Waals surface area (Å²) in [6, 6.07) is 3.35. The van der Waals surface area contributed by atoms with Crippen molar-refractivity contribution in [1.82, 2.24) is 9.80 Å². The Morgan fingerprint density at radius 1 is 1.42 bits per heavy atom. The number of carbonyl (C=O) groups excluding carboxylic acids is 1. The molecule has 0 aliphatic heterocycles. The van der Waals surface area contributed by atoms with Crippen LogP contribution in [0.4, 0.5) is 4.79 Å². The molecule has 0 bridgehead atoms.